The summed E-state index contributed by atoms with van der Waals surface area (Å²) < 4.78 is 78.4. The van der Waals surface area contributed by atoms with Gasteiger partial charge in [0.25, 0.3) is 0 Å². The number of aliphatic hydroxyl groups excluding tert-OH is 1. The molecule has 23 heteroatoms. The van der Waals surface area contributed by atoms with Gasteiger partial charge in [-0.05, 0) is 73.2 Å². The monoisotopic (exact) mass is 1120 g/mol. The van der Waals surface area contributed by atoms with E-state index in [1.165, 1.54) is 11.1 Å². The van der Waals surface area contributed by atoms with Crippen molar-refractivity contribution in [2.24, 2.45) is 13.0 Å². The third-order valence-electron chi connectivity index (χ3n) is 15.2. The number of piperazine rings is 1. The van der Waals surface area contributed by atoms with Crippen molar-refractivity contribution in [3.63, 3.8) is 0 Å². The number of carbonyl (C=O) groups excluding carboxylic acids is 3. The number of aromatic amines is 1. The van der Waals surface area contributed by atoms with Crippen LogP contribution in [0.3, 0.4) is 0 Å². The number of ketones is 1. The third-order valence-corrected chi connectivity index (χ3v) is 16.9. The molecule has 0 saturated carbocycles. The molecule has 3 N–H and O–H groups in total. The number of halogens is 3. The highest BCUT2D eigenvalue weighted by Gasteiger charge is 2.43. The predicted molar refractivity (Wildman–Crippen MR) is 295 cm³/mol. The number of hydrogen-bond donors (Lipinski definition) is 4. The molecule has 18 nitrogen and oxygen atoms in total. The number of thiol groups is 1. The van der Waals surface area contributed by atoms with E-state index < -0.39 is 63.8 Å². The van der Waals surface area contributed by atoms with Gasteiger partial charge in [-0.3, -0.25) is 19.3 Å². The molecule has 5 atom stereocenters. The van der Waals surface area contributed by atoms with E-state index in [-0.39, 0.29) is 61.8 Å². The average molecular weight is 1120 g/mol. The maximum Gasteiger partial charge on any atom is 0.243 e. The zero-order valence-electron chi connectivity index (χ0n) is 44.3. The van der Waals surface area contributed by atoms with Gasteiger partial charge in [0, 0.05) is 99.9 Å². The molecule has 3 saturated heterocycles. The van der Waals surface area contributed by atoms with Gasteiger partial charge in [0.1, 0.15) is 36.0 Å². The normalized spacial score (nSPS) is 18.9. The number of rotatable bonds is 18. The number of fused-ring (bicyclic) bond motifs is 1. The predicted octanol–water partition coefficient (Wildman–Crippen LogP) is 6.98. The largest absolute Gasteiger partial charge is 0.476 e. The maximum atomic E-state index is 16.1. The molecule has 0 aliphatic carbocycles. The number of aryl methyl sites for hydroxylation is 2. The lowest BCUT2D eigenvalue weighted by Gasteiger charge is -2.36. The first-order chi connectivity index (χ1) is 37.9. The molecule has 79 heavy (non-hydrogen) atoms. The minimum absolute atomic E-state index is 0.00708. The van der Waals surface area contributed by atoms with Crippen molar-refractivity contribution in [1.29, 1.82) is 0 Å². The highest BCUT2D eigenvalue weighted by atomic mass is 32.2. The number of aromatic nitrogens is 5. The summed E-state index contributed by atoms with van der Waals surface area (Å²) in [6, 6.07) is 19.9. The standard InChI is InChI=1S/C56H62F3N11O7S2/c1-32(2)49(56(74)69-30-41(71)25-47(69)55(73)63-33(3)35-6-8-37(9-7-35)53-34(4)62-31-78-53)45-26-48(65(5)64-45)77-23-22-66-18-20-67(21-19-66)40-12-10-36(11-13-40)38-24-42-43(28-61-54(42)60-27-38)52(72)50-44(58)14-15-46(51(50)59)70(79(75)76)68-17-16-39(57)29-68/h6-15,24,26-28,31-33,39,41,47,49,71,79H,16-23,25,29-30H2,1-5H3,(H,60,61)(H,63,73)/t33-,39+,41+,47-,49-/m0/s1. The number of benzene rings is 3. The summed E-state index contributed by atoms with van der Waals surface area (Å²) >= 11 is 1.58. The highest BCUT2D eigenvalue weighted by Crippen LogP contribution is 2.36. The van der Waals surface area contributed by atoms with Gasteiger partial charge in [-0.1, -0.05) is 50.2 Å². The Morgan fingerprint density at radius 3 is 2.34 bits per heavy atom. The molecule has 7 heterocycles. The number of carbonyl (C=O) groups is 3. The minimum Gasteiger partial charge on any atom is -0.476 e. The number of anilines is 2. The number of amides is 2. The summed E-state index contributed by atoms with van der Waals surface area (Å²) in [4.78, 5) is 61.0. The number of hydrazine groups is 1. The van der Waals surface area contributed by atoms with Gasteiger partial charge in [-0.25, -0.2) is 41.2 Å². The highest BCUT2D eigenvalue weighted by molar-refractivity contribution is 7.73. The summed E-state index contributed by atoms with van der Waals surface area (Å²) in [7, 11) is -1.73. The number of hydrogen-bond acceptors (Lipinski definition) is 14. The zero-order valence-corrected chi connectivity index (χ0v) is 46.0. The maximum absolute atomic E-state index is 16.1. The number of thiazole rings is 1. The van der Waals surface area contributed by atoms with Gasteiger partial charge in [0.2, 0.25) is 34.4 Å². The first-order valence-corrected chi connectivity index (χ1v) is 28.3. The van der Waals surface area contributed by atoms with Crippen molar-refractivity contribution in [2.75, 3.05) is 68.3 Å². The summed E-state index contributed by atoms with van der Waals surface area (Å²) in [5.74, 6) is -4.53. The molecule has 0 radical (unpaired) electrons. The lowest BCUT2D eigenvalue weighted by molar-refractivity contribution is -0.140. The van der Waals surface area contributed by atoms with Crippen LogP contribution in [0.15, 0.2) is 90.7 Å². The van der Waals surface area contributed by atoms with E-state index in [0.717, 1.165) is 76.3 Å². The van der Waals surface area contributed by atoms with Crippen LogP contribution in [-0.2, 0) is 27.5 Å². The van der Waals surface area contributed by atoms with Crippen molar-refractivity contribution in [2.45, 2.75) is 70.8 Å². The van der Waals surface area contributed by atoms with Crippen molar-refractivity contribution in [3.8, 4) is 27.4 Å². The van der Waals surface area contributed by atoms with Crippen LogP contribution >= 0.6 is 11.3 Å². The Morgan fingerprint density at radius 1 is 0.937 bits per heavy atom. The second kappa shape index (κ2) is 23.3. The molecule has 416 valence electrons. The number of aliphatic hydroxyl groups is 1. The fraction of sp³-hybridized carbons (Fsp3) is 0.393. The Morgan fingerprint density at radius 2 is 1.67 bits per heavy atom. The lowest BCUT2D eigenvalue weighted by Crippen LogP contribution is -2.48. The van der Waals surface area contributed by atoms with E-state index in [1.807, 2.05) is 81.7 Å². The number of pyridine rings is 1. The molecule has 0 bridgehead atoms. The molecule has 10 rings (SSSR count). The smallest absolute Gasteiger partial charge is 0.243 e. The number of β-amino-alcohol motifs (C(OH)–C–C–N with tert-alkyl or cyclic N) is 1. The summed E-state index contributed by atoms with van der Waals surface area (Å²) in [6.45, 7) is 11.6. The summed E-state index contributed by atoms with van der Waals surface area (Å²) in [6.07, 6.45) is 0.934. The molecule has 3 fully saturated rings. The van der Waals surface area contributed by atoms with Gasteiger partial charge in [0.15, 0.2) is 5.82 Å². The zero-order chi connectivity index (χ0) is 55.8. The molecule has 0 unspecified atom stereocenters. The van der Waals surface area contributed by atoms with E-state index in [0.29, 0.717) is 45.7 Å². The number of likely N-dealkylation sites (tertiary alicyclic amines) is 1. The molecule has 3 aliphatic heterocycles. The van der Waals surface area contributed by atoms with Crippen LogP contribution in [0, 0.1) is 24.5 Å². The first-order valence-electron chi connectivity index (χ1n) is 26.3. The minimum atomic E-state index is -3.50. The van der Waals surface area contributed by atoms with Crippen molar-refractivity contribution in [1.82, 2.24) is 44.9 Å². The molecule has 0 spiro atoms. The summed E-state index contributed by atoms with van der Waals surface area (Å²) in [5, 5.41) is 20.0. The Balaban J connectivity index is 0.726. The van der Waals surface area contributed by atoms with Crippen molar-refractivity contribution in [3.05, 3.63) is 130 Å². The van der Waals surface area contributed by atoms with Crippen molar-refractivity contribution >= 4 is 62.2 Å². The van der Waals surface area contributed by atoms with Crippen LogP contribution in [0.2, 0.25) is 0 Å². The molecule has 3 aromatic carbocycles. The molecule has 7 aromatic rings. The molecule has 2 amide bonds. The number of alkyl halides is 1. The number of ether oxygens (including phenoxy) is 1. The summed E-state index contributed by atoms with van der Waals surface area (Å²) in [5.41, 5.74) is 6.43. The van der Waals surface area contributed by atoms with Crippen LogP contribution in [-0.4, -0.2) is 148 Å². The van der Waals surface area contributed by atoms with E-state index in [9.17, 15) is 32.3 Å². The fourth-order valence-electron chi connectivity index (χ4n) is 10.9. The van der Waals surface area contributed by atoms with Crippen LogP contribution in [0.5, 0.6) is 5.88 Å². The van der Waals surface area contributed by atoms with Crippen LogP contribution < -0.4 is 19.4 Å². The lowest BCUT2D eigenvalue weighted by atomic mass is 9.90. The number of nitrogens with zero attached hydrogens (tertiary/aromatic N) is 9. The van der Waals surface area contributed by atoms with E-state index in [1.54, 1.807) is 41.4 Å². The Bertz CT molecular complexity index is 3450. The molecular formula is C56H62F3N11O7S2. The van der Waals surface area contributed by atoms with Crippen LogP contribution in [0.25, 0.3) is 32.6 Å². The average Bonchev–Trinajstić information content (AvgIpc) is 4.37. The fourth-order valence-corrected chi connectivity index (χ4v) is 12.4. The SMILES string of the molecule is Cc1ncsc1-c1ccc([C@H](C)NC(=O)[C@@H]2C[C@@H](O)CN2C(=O)[C@H](c2cc(OCCN3CCN(c4ccc(-c5cnc6[nH]cc(C(=O)c7c(F)ccc(N(N8CC[C@@H](F)C8)[SH](=O)=O)c7F)c6c5)cc4)CC3)n(C)n2)C(C)C)cc1. The van der Waals surface area contributed by atoms with Crippen LogP contribution in [0.1, 0.15) is 78.4 Å². The second-order valence-corrected chi connectivity index (χ2v) is 22.4. The Kier molecular flexibility index (Phi) is 16.2. The van der Waals surface area contributed by atoms with Crippen LogP contribution in [0.4, 0.5) is 24.5 Å². The van der Waals surface area contributed by atoms with Gasteiger partial charge in [-0.15, -0.1) is 11.3 Å². The van der Waals surface area contributed by atoms with Gasteiger partial charge in [-0.2, -0.15) is 9.51 Å². The quantitative estimate of drug-likeness (QED) is 0.0507. The van der Waals surface area contributed by atoms with Gasteiger partial charge >= 0.3 is 0 Å². The van der Waals surface area contributed by atoms with Gasteiger partial charge in [0.05, 0.1) is 51.9 Å². The molecular weight excluding hydrogens is 1060 g/mol. The number of nitrogens with one attached hydrogen (secondary N) is 2. The van der Waals surface area contributed by atoms with Crippen molar-refractivity contribution < 1.29 is 45.8 Å². The van der Waals surface area contributed by atoms with E-state index in [4.69, 9.17) is 9.84 Å². The third kappa shape index (κ3) is 11.5. The number of H-pyrrole nitrogens is 1. The Hall–Kier alpha value is -7.18. The molecule has 3 aliphatic rings. The van der Waals surface area contributed by atoms with E-state index >= 15 is 8.78 Å². The topological polar surface area (TPSA) is 202 Å². The van der Waals surface area contributed by atoms with E-state index in [2.05, 4.69) is 30.1 Å². The first kappa shape index (κ1) is 55.1. The molecule has 4 aromatic heterocycles. The second-order valence-electron chi connectivity index (χ2n) is 20.7. The Labute approximate surface area is 460 Å². The van der Waals surface area contributed by atoms with Gasteiger partial charge < -0.3 is 29.9 Å².